The Morgan fingerprint density at radius 3 is 2.53 bits per heavy atom. The summed E-state index contributed by atoms with van der Waals surface area (Å²) in [6.45, 7) is 10.4. The number of hydrogen-bond donors (Lipinski definition) is 2. The second-order valence-corrected chi connectivity index (χ2v) is 11.0. The number of aryl methyl sites for hydroxylation is 1. The van der Waals surface area contributed by atoms with E-state index in [1.807, 2.05) is 70.5 Å². The molecule has 2 aromatic heterocycles. The summed E-state index contributed by atoms with van der Waals surface area (Å²) < 4.78 is 5.54. The van der Waals surface area contributed by atoms with Gasteiger partial charge in [0.25, 0.3) is 0 Å². The van der Waals surface area contributed by atoms with Crippen LogP contribution in [0.15, 0.2) is 40.4 Å². The number of amides is 2. The van der Waals surface area contributed by atoms with E-state index < -0.39 is 18.1 Å². The van der Waals surface area contributed by atoms with Crippen LogP contribution >= 0.6 is 11.3 Å². The smallest absolute Gasteiger partial charge is 0.243 e. The molecule has 2 amide bonds. The number of nitrogens with one attached hydrogen (secondary N) is 1. The predicted octanol–water partition coefficient (Wildman–Crippen LogP) is 4.25. The van der Waals surface area contributed by atoms with Crippen molar-refractivity contribution in [3.63, 3.8) is 0 Å². The fourth-order valence-corrected chi connectivity index (χ4v) is 5.41. The summed E-state index contributed by atoms with van der Waals surface area (Å²) in [6.07, 6.45) is -0.542. The van der Waals surface area contributed by atoms with E-state index in [2.05, 4.69) is 15.5 Å². The van der Waals surface area contributed by atoms with Crippen molar-refractivity contribution in [3.05, 3.63) is 58.6 Å². The Balaban J connectivity index is 1.44. The quantitative estimate of drug-likeness (QED) is 0.469. The maximum Gasteiger partial charge on any atom is 0.243 e. The van der Waals surface area contributed by atoms with Crippen molar-refractivity contribution in [2.45, 2.75) is 71.6 Å². The molecule has 36 heavy (non-hydrogen) atoms. The monoisotopic (exact) mass is 510 g/mol. The number of thiazole rings is 1. The molecule has 1 aliphatic rings. The highest BCUT2D eigenvalue weighted by molar-refractivity contribution is 7.13. The van der Waals surface area contributed by atoms with E-state index in [0.717, 1.165) is 27.4 Å². The van der Waals surface area contributed by atoms with Gasteiger partial charge in [0.15, 0.2) is 0 Å². The molecule has 0 saturated carbocycles. The molecule has 0 spiro atoms. The Labute approximate surface area is 215 Å². The fourth-order valence-electron chi connectivity index (χ4n) is 4.60. The van der Waals surface area contributed by atoms with Gasteiger partial charge in [-0.05, 0) is 29.9 Å². The summed E-state index contributed by atoms with van der Waals surface area (Å²) in [5.41, 5.74) is 5.66. The summed E-state index contributed by atoms with van der Waals surface area (Å²) in [5.74, 6) is -0.461. The SMILES string of the molecule is Cc1ncsc1-c1ccc(CNC(=O)[C@@H]2C[C@@H](O)CN2C(=O)[C@@H](c2cc(C(C)C)no2)C(C)C)cc1. The summed E-state index contributed by atoms with van der Waals surface area (Å²) >= 11 is 1.60. The van der Waals surface area contributed by atoms with Gasteiger partial charge in [-0.25, -0.2) is 4.98 Å². The molecule has 0 bridgehead atoms. The largest absolute Gasteiger partial charge is 0.391 e. The van der Waals surface area contributed by atoms with Gasteiger partial charge in [-0.1, -0.05) is 57.1 Å². The lowest BCUT2D eigenvalue weighted by molar-refractivity contribution is -0.141. The first-order valence-corrected chi connectivity index (χ1v) is 13.3. The van der Waals surface area contributed by atoms with E-state index in [1.165, 1.54) is 4.90 Å². The van der Waals surface area contributed by atoms with Crippen LogP contribution in [0, 0.1) is 12.8 Å². The van der Waals surface area contributed by atoms with Crippen molar-refractivity contribution in [2.75, 3.05) is 6.54 Å². The summed E-state index contributed by atoms with van der Waals surface area (Å²) in [7, 11) is 0. The van der Waals surface area contributed by atoms with E-state index in [4.69, 9.17) is 4.52 Å². The van der Waals surface area contributed by atoms with Gasteiger partial charge in [-0.3, -0.25) is 9.59 Å². The fraction of sp³-hybridized carbons (Fsp3) is 0.481. The highest BCUT2D eigenvalue weighted by Gasteiger charge is 2.43. The zero-order valence-electron chi connectivity index (χ0n) is 21.4. The third-order valence-electron chi connectivity index (χ3n) is 6.67. The minimum Gasteiger partial charge on any atom is -0.391 e. The van der Waals surface area contributed by atoms with Gasteiger partial charge in [-0.15, -0.1) is 11.3 Å². The molecule has 3 atom stereocenters. The van der Waals surface area contributed by atoms with Crippen molar-refractivity contribution < 1.29 is 19.2 Å². The number of rotatable bonds is 8. The Bertz CT molecular complexity index is 1200. The number of carbonyl (C=O) groups excluding carboxylic acids is 2. The van der Waals surface area contributed by atoms with E-state index in [9.17, 15) is 14.7 Å². The van der Waals surface area contributed by atoms with Gasteiger partial charge >= 0.3 is 0 Å². The molecule has 0 radical (unpaired) electrons. The normalized spacial score (nSPS) is 18.7. The molecule has 1 saturated heterocycles. The molecule has 1 aromatic carbocycles. The highest BCUT2D eigenvalue weighted by Crippen LogP contribution is 2.32. The second-order valence-electron chi connectivity index (χ2n) is 10.1. The number of β-amino-alcohol motifs (C(OH)–C–C–N with tert-alkyl or cyclic N) is 1. The van der Waals surface area contributed by atoms with Crippen LogP contribution in [0.25, 0.3) is 10.4 Å². The maximum atomic E-state index is 13.6. The molecule has 3 heterocycles. The van der Waals surface area contributed by atoms with Crippen molar-refractivity contribution in [1.82, 2.24) is 20.4 Å². The van der Waals surface area contributed by atoms with Crippen LogP contribution < -0.4 is 5.32 Å². The Morgan fingerprint density at radius 2 is 1.94 bits per heavy atom. The molecule has 2 N–H and O–H groups in total. The van der Waals surface area contributed by atoms with Crippen LogP contribution in [0.1, 0.15) is 68.7 Å². The number of nitrogens with zero attached hydrogens (tertiary/aromatic N) is 3. The molecule has 9 heteroatoms. The third kappa shape index (κ3) is 5.52. The molecule has 3 aromatic rings. The first kappa shape index (κ1) is 26.0. The number of aliphatic hydroxyl groups excluding tert-OH is 1. The van der Waals surface area contributed by atoms with Crippen LogP contribution in [0.3, 0.4) is 0 Å². The van der Waals surface area contributed by atoms with Crippen LogP contribution in [-0.4, -0.2) is 50.7 Å². The van der Waals surface area contributed by atoms with E-state index in [-0.39, 0.29) is 36.6 Å². The number of benzene rings is 1. The van der Waals surface area contributed by atoms with Crippen LogP contribution in [0.4, 0.5) is 0 Å². The predicted molar refractivity (Wildman–Crippen MR) is 138 cm³/mol. The zero-order chi connectivity index (χ0) is 26.0. The maximum absolute atomic E-state index is 13.6. The number of carbonyl (C=O) groups is 2. The van der Waals surface area contributed by atoms with Crippen molar-refractivity contribution in [1.29, 1.82) is 0 Å². The van der Waals surface area contributed by atoms with E-state index in [1.54, 1.807) is 11.3 Å². The number of hydrogen-bond acceptors (Lipinski definition) is 7. The lowest BCUT2D eigenvalue weighted by Crippen LogP contribution is -2.48. The zero-order valence-corrected chi connectivity index (χ0v) is 22.2. The summed E-state index contributed by atoms with van der Waals surface area (Å²) in [6, 6.07) is 9.09. The standard InChI is InChI=1S/C27H34N4O4S/c1-15(2)21-11-23(35-30-21)24(16(3)4)27(34)31-13-20(32)10-22(31)26(33)28-12-18-6-8-19(9-7-18)25-17(5)29-14-36-25/h6-9,11,14-16,20,22,24,32H,10,12-13H2,1-5H3,(H,28,33)/t20-,22+,24-/m1/s1. The molecule has 192 valence electrons. The second kappa shape index (κ2) is 10.9. The molecular formula is C27H34N4O4S. The molecule has 8 nitrogen and oxygen atoms in total. The highest BCUT2D eigenvalue weighted by atomic mass is 32.1. The Kier molecular flexibility index (Phi) is 7.90. The topological polar surface area (TPSA) is 109 Å². The summed E-state index contributed by atoms with van der Waals surface area (Å²) in [5, 5.41) is 17.4. The average Bonchev–Trinajstić information content (AvgIpc) is 3.58. The van der Waals surface area contributed by atoms with Gasteiger partial charge in [0.1, 0.15) is 17.7 Å². The van der Waals surface area contributed by atoms with Gasteiger partial charge < -0.3 is 19.8 Å². The minimum atomic E-state index is -0.750. The first-order valence-electron chi connectivity index (χ1n) is 12.4. The lowest BCUT2D eigenvalue weighted by atomic mass is 9.90. The number of likely N-dealkylation sites (tertiary alicyclic amines) is 1. The number of aliphatic hydroxyl groups is 1. The van der Waals surface area contributed by atoms with Crippen molar-refractivity contribution in [3.8, 4) is 10.4 Å². The number of aromatic nitrogens is 2. The van der Waals surface area contributed by atoms with Gasteiger partial charge in [0, 0.05) is 25.6 Å². The molecule has 1 fully saturated rings. The molecule has 0 aliphatic carbocycles. The van der Waals surface area contributed by atoms with Gasteiger partial charge in [0.05, 0.1) is 27.9 Å². The molecule has 1 aliphatic heterocycles. The van der Waals surface area contributed by atoms with Crippen LogP contribution in [0.5, 0.6) is 0 Å². The molecule has 0 unspecified atom stereocenters. The lowest BCUT2D eigenvalue weighted by Gasteiger charge is -2.28. The average molecular weight is 511 g/mol. The van der Waals surface area contributed by atoms with E-state index in [0.29, 0.717) is 12.3 Å². The van der Waals surface area contributed by atoms with Gasteiger partial charge in [-0.2, -0.15) is 0 Å². The Hall–Kier alpha value is -3.04. The third-order valence-corrected chi connectivity index (χ3v) is 7.65. The molecule has 4 rings (SSSR count). The first-order chi connectivity index (χ1) is 17.2. The van der Waals surface area contributed by atoms with Crippen LogP contribution in [0.2, 0.25) is 0 Å². The van der Waals surface area contributed by atoms with Crippen molar-refractivity contribution in [2.24, 2.45) is 5.92 Å². The van der Waals surface area contributed by atoms with Gasteiger partial charge in [0.2, 0.25) is 11.8 Å². The minimum absolute atomic E-state index is 0.0624. The van der Waals surface area contributed by atoms with E-state index >= 15 is 0 Å². The Morgan fingerprint density at radius 1 is 1.22 bits per heavy atom. The van der Waals surface area contributed by atoms with Crippen molar-refractivity contribution >= 4 is 23.2 Å². The summed E-state index contributed by atoms with van der Waals surface area (Å²) in [4.78, 5) is 33.7. The van der Waals surface area contributed by atoms with Crippen LogP contribution in [-0.2, 0) is 16.1 Å². The molecular weight excluding hydrogens is 476 g/mol.